The molecular formula is C9H13N3O3S. The van der Waals surface area contributed by atoms with Crippen LogP contribution in [-0.4, -0.2) is 27.2 Å². The molecule has 1 aromatic rings. The topological polar surface area (TPSA) is 92.2 Å². The Morgan fingerprint density at radius 2 is 2.19 bits per heavy atom. The van der Waals surface area contributed by atoms with Crippen LogP contribution < -0.4 is 5.32 Å². The first-order valence-electron chi connectivity index (χ1n) is 4.96. The number of nitrogens with one attached hydrogen (secondary N) is 1. The molecule has 0 bridgehead atoms. The molecule has 1 amide bonds. The molecular weight excluding hydrogens is 230 g/mol. The molecule has 0 radical (unpaired) electrons. The Bertz CT molecular complexity index is 378. The zero-order chi connectivity index (χ0) is 12.0. The third-order valence-electron chi connectivity index (χ3n) is 1.77. The second-order valence-corrected chi connectivity index (χ2v) is 4.29. The highest BCUT2D eigenvalue weighted by Crippen LogP contribution is 2.16. The van der Waals surface area contributed by atoms with Crippen LogP contribution in [0.5, 0.6) is 0 Å². The van der Waals surface area contributed by atoms with Crippen molar-refractivity contribution in [1.29, 1.82) is 0 Å². The molecule has 7 heteroatoms. The van der Waals surface area contributed by atoms with E-state index in [1.165, 1.54) is 0 Å². The van der Waals surface area contributed by atoms with Crippen molar-refractivity contribution in [2.45, 2.75) is 32.6 Å². The number of amides is 1. The van der Waals surface area contributed by atoms with Crippen LogP contribution in [-0.2, 0) is 16.0 Å². The molecule has 0 aliphatic carbocycles. The summed E-state index contributed by atoms with van der Waals surface area (Å²) in [5.74, 6) is -1.07. The Hall–Kier alpha value is -1.50. The van der Waals surface area contributed by atoms with Gasteiger partial charge in [0.25, 0.3) is 0 Å². The van der Waals surface area contributed by atoms with Gasteiger partial charge in [-0.25, -0.2) is 0 Å². The summed E-state index contributed by atoms with van der Waals surface area (Å²) >= 11 is 1.09. The van der Waals surface area contributed by atoms with Crippen molar-refractivity contribution in [3.05, 3.63) is 5.01 Å². The first-order chi connectivity index (χ1) is 7.61. The highest BCUT2D eigenvalue weighted by Gasteiger charge is 2.09. The Labute approximate surface area is 96.7 Å². The van der Waals surface area contributed by atoms with Crippen LogP contribution >= 0.6 is 11.3 Å². The third-order valence-corrected chi connectivity index (χ3v) is 2.61. The first-order valence-corrected chi connectivity index (χ1v) is 5.77. The third kappa shape index (κ3) is 4.35. The molecule has 0 aliphatic rings. The molecule has 0 spiro atoms. The minimum absolute atomic E-state index is 0.111. The van der Waals surface area contributed by atoms with E-state index in [-0.39, 0.29) is 12.3 Å². The molecule has 88 valence electrons. The number of anilines is 1. The summed E-state index contributed by atoms with van der Waals surface area (Å²) in [6.07, 6.45) is 2.06. The number of hydrogen-bond donors (Lipinski definition) is 2. The normalized spacial score (nSPS) is 10.1. The van der Waals surface area contributed by atoms with E-state index in [0.717, 1.165) is 24.2 Å². The van der Waals surface area contributed by atoms with Crippen LogP contribution in [0.4, 0.5) is 5.13 Å². The number of rotatable bonds is 6. The Balaban J connectivity index is 2.45. The van der Waals surface area contributed by atoms with Crippen molar-refractivity contribution in [2.24, 2.45) is 0 Å². The van der Waals surface area contributed by atoms with Gasteiger partial charge < -0.3 is 10.4 Å². The number of carbonyl (C=O) groups excluding carboxylic acids is 1. The van der Waals surface area contributed by atoms with E-state index in [1.54, 1.807) is 0 Å². The molecule has 1 aromatic heterocycles. The van der Waals surface area contributed by atoms with Crippen molar-refractivity contribution in [3.8, 4) is 0 Å². The van der Waals surface area contributed by atoms with Gasteiger partial charge in [-0.05, 0) is 6.42 Å². The van der Waals surface area contributed by atoms with E-state index in [9.17, 15) is 9.59 Å². The standard InChI is InChI=1S/C9H13N3O3S/c1-2-3-4-6(13)10-9-12-11-7(16-9)5-8(14)15/h2-5H2,1H3,(H,14,15)(H,10,12,13). The lowest BCUT2D eigenvalue weighted by Gasteiger charge is -1.98. The second-order valence-electron chi connectivity index (χ2n) is 3.22. The van der Waals surface area contributed by atoms with Gasteiger partial charge in [-0.15, -0.1) is 10.2 Å². The highest BCUT2D eigenvalue weighted by atomic mass is 32.1. The van der Waals surface area contributed by atoms with Gasteiger partial charge in [-0.2, -0.15) is 0 Å². The lowest BCUT2D eigenvalue weighted by atomic mass is 10.2. The summed E-state index contributed by atoms with van der Waals surface area (Å²) in [6.45, 7) is 2.00. The maximum absolute atomic E-state index is 11.3. The lowest BCUT2D eigenvalue weighted by molar-refractivity contribution is -0.136. The van der Waals surface area contributed by atoms with Crippen molar-refractivity contribution >= 4 is 28.3 Å². The Morgan fingerprint density at radius 3 is 2.81 bits per heavy atom. The summed E-state index contributed by atoms with van der Waals surface area (Å²) < 4.78 is 0. The highest BCUT2D eigenvalue weighted by molar-refractivity contribution is 7.15. The van der Waals surface area contributed by atoms with E-state index >= 15 is 0 Å². The van der Waals surface area contributed by atoms with Gasteiger partial charge in [-0.1, -0.05) is 24.7 Å². The van der Waals surface area contributed by atoms with Crippen molar-refractivity contribution in [3.63, 3.8) is 0 Å². The number of unbranched alkanes of at least 4 members (excludes halogenated alkanes) is 1. The van der Waals surface area contributed by atoms with Gasteiger partial charge in [0.2, 0.25) is 11.0 Å². The predicted octanol–water partition coefficient (Wildman–Crippen LogP) is 1.29. The molecule has 6 nitrogen and oxygen atoms in total. The summed E-state index contributed by atoms with van der Waals surface area (Å²) in [4.78, 5) is 21.7. The fraction of sp³-hybridized carbons (Fsp3) is 0.556. The van der Waals surface area contributed by atoms with Gasteiger partial charge in [-0.3, -0.25) is 9.59 Å². The summed E-state index contributed by atoms with van der Waals surface area (Å²) in [5.41, 5.74) is 0. The number of aliphatic carboxylic acids is 1. The van der Waals surface area contributed by atoms with Crippen molar-refractivity contribution in [1.82, 2.24) is 10.2 Å². The van der Waals surface area contributed by atoms with Gasteiger partial charge in [0, 0.05) is 6.42 Å². The summed E-state index contributed by atoms with van der Waals surface area (Å²) in [6, 6.07) is 0. The van der Waals surface area contributed by atoms with Crippen molar-refractivity contribution < 1.29 is 14.7 Å². The second kappa shape index (κ2) is 6.16. The number of carboxylic acids is 1. The number of nitrogens with zero attached hydrogens (tertiary/aromatic N) is 2. The summed E-state index contributed by atoms with van der Waals surface area (Å²) in [7, 11) is 0. The number of hydrogen-bond acceptors (Lipinski definition) is 5. The molecule has 1 rings (SSSR count). The fourth-order valence-electron chi connectivity index (χ4n) is 1.02. The predicted molar refractivity (Wildman–Crippen MR) is 59.4 cm³/mol. The SMILES string of the molecule is CCCCC(=O)Nc1nnc(CC(=O)O)s1. The summed E-state index contributed by atoms with van der Waals surface area (Å²) in [5, 5.41) is 19.2. The molecule has 0 saturated heterocycles. The number of aromatic nitrogens is 2. The molecule has 16 heavy (non-hydrogen) atoms. The van der Waals surface area contributed by atoms with Crippen LogP contribution in [0.2, 0.25) is 0 Å². The molecule has 0 atom stereocenters. The van der Waals surface area contributed by atoms with Crippen LogP contribution in [0, 0.1) is 0 Å². The lowest BCUT2D eigenvalue weighted by Crippen LogP contribution is -2.10. The maximum Gasteiger partial charge on any atom is 0.310 e. The quantitative estimate of drug-likeness (QED) is 0.785. The largest absolute Gasteiger partial charge is 0.481 e. The average Bonchev–Trinajstić information content (AvgIpc) is 2.61. The number of carbonyl (C=O) groups is 2. The van der Waals surface area contributed by atoms with E-state index in [4.69, 9.17) is 5.11 Å². The average molecular weight is 243 g/mol. The molecule has 0 aromatic carbocycles. The zero-order valence-electron chi connectivity index (χ0n) is 8.89. The minimum atomic E-state index is -0.958. The molecule has 0 saturated carbocycles. The van der Waals surface area contributed by atoms with Crippen LogP contribution in [0.1, 0.15) is 31.2 Å². The molecule has 0 fully saturated rings. The van der Waals surface area contributed by atoms with Gasteiger partial charge in [0.15, 0.2) is 0 Å². The Kier molecular flexibility index (Phi) is 4.84. The van der Waals surface area contributed by atoms with Gasteiger partial charge in [0.05, 0.1) is 6.42 Å². The number of carboxylic acid groups (broad SMARTS) is 1. The molecule has 0 aliphatic heterocycles. The minimum Gasteiger partial charge on any atom is -0.481 e. The molecule has 2 N–H and O–H groups in total. The maximum atomic E-state index is 11.3. The molecule has 1 heterocycles. The Morgan fingerprint density at radius 1 is 1.44 bits per heavy atom. The van der Waals surface area contributed by atoms with E-state index < -0.39 is 5.97 Å². The zero-order valence-corrected chi connectivity index (χ0v) is 9.71. The fourth-order valence-corrected chi connectivity index (χ4v) is 1.77. The monoisotopic (exact) mass is 243 g/mol. The van der Waals surface area contributed by atoms with E-state index in [1.807, 2.05) is 6.92 Å². The van der Waals surface area contributed by atoms with Gasteiger partial charge >= 0.3 is 5.97 Å². The van der Waals surface area contributed by atoms with Crippen LogP contribution in [0.3, 0.4) is 0 Å². The van der Waals surface area contributed by atoms with Crippen LogP contribution in [0.25, 0.3) is 0 Å². The van der Waals surface area contributed by atoms with E-state index in [2.05, 4.69) is 15.5 Å². The van der Waals surface area contributed by atoms with Gasteiger partial charge in [0.1, 0.15) is 5.01 Å². The smallest absolute Gasteiger partial charge is 0.310 e. The van der Waals surface area contributed by atoms with Crippen molar-refractivity contribution in [2.75, 3.05) is 5.32 Å². The first kappa shape index (κ1) is 12.6. The molecule has 0 unspecified atom stereocenters. The van der Waals surface area contributed by atoms with Crippen LogP contribution in [0.15, 0.2) is 0 Å². The van der Waals surface area contributed by atoms with E-state index in [0.29, 0.717) is 16.6 Å².